The zero-order chi connectivity index (χ0) is 17.1. The summed E-state index contributed by atoms with van der Waals surface area (Å²) in [5.41, 5.74) is 2.41. The van der Waals surface area contributed by atoms with Crippen molar-refractivity contribution in [3.63, 3.8) is 0 Å². The molecule has 3 rings (SSSR count). The second kappa shape index (κ2) is 6.84. The van der Waals surface area contributed by atoms with E-state index in [2.05, 4.69) is 0 Å². The number of amides is 2. The van der Waals surface area contributed by atoms with Crippen LogP contribution >= 0.6 is 11.8 Å². The number of hydrogen-bond acceptors (Lipinski definition) is 4. The molecule has 1 aliphatic rings. The number of thioether (sulfide) groups is 1. The molecule has 0 N–H and O–H groups in total. The standard InChI is InChI=1S/C19H15NO3S/c1-13-7-9-15(10-8-13)16(21)11-17-18(22)20(19(23)24-17)12-14-5-3-2-4-6-14/h2-11H,12H2,1H3/b17-11+. The van der Waals surface area contributed by atoms with Crippen molar-refractivity contribution < 1.29 is 14.4 Å². The monoisotopic (exact) mass is 337 g/mol. The van der Waals surface area contributed by atoms with E-state index in [4.69, 9.17) is 0 Å². The molecule has 0 radical (unpaired) electrons. The van der Waals surface area contributed by atoms with Crippen molar-refractivity contribution in [2.24, 2.45) is 0 Å². The van der Waals surface area contributed by atoms with Crippen molar-refractivity contribution in [2.45, 2.75) is 13.5 Å². The number of hydrogen-bond donors (Lipinski definition) is 0. The van der Waals surface area contributed by atoms with Crippen LogP contribution < -0.4 is 0 Å². The molecule has 0 bridgehead atoms. The number of imide groups is 1. The van der Waals surface area contributed by atoms with Crippen molar-refractivity contribution in [1.29, 1.82) is 0 Å². The predicted molar refractivity (Wildman–Crippen MR) is 93.6 cm³/mol. The summed E-state index contributed by atoms with van der Waals surface area (Å²) >= 11 is 0.805. The van der Waals surface area contributed by atoms with E-state index in [0.29, 0.717) is 5.56 Å². The maximum Gasteiger partial charge on any atom is 0.293 e. The molecule has 5 heteroatoms. The van der Waals surface area contributed by atoms with E-state index in [1.54, 1.807) is 12.1 Å². The van der Waals surface area contributed by atoms with Crippen LogP contribution in [0.15, 0.2) is 65.6 Å². The number of rotatable bonds is 4. The second-order valence-corrected chi connectivity index (χ2v) is 6.48. The highest BCUT2D eigenvalue weighted by Crippen LogP contribution is 2.32. The first-order valence-electron chi connectivity index (χ1n) is 7.45. The normalized spacial score (nSPS) is 16.0. The summed E-state index contributed by atoms with van der Waals surface area (Å²) < 4.78 is 0. The van der Waals surface area contributed by atoms with E-state index in [1.165, 1.54) is 6.08 Å². The lowest BCUT2D eigenvalue weighted by atomic mass is 10.1. The lowest BCUT2D eigenvalue weighted by molar-refractivity contribution is -0.123. The van der Waals surface area contributed by atoms with Gasteiger partial charge in [-0.05, 0) is 24.2 Å². The number of carbonyl (C=O) groups is 3. The molecule has 24 heavy (non-hydrogen) atoms. The Morgan fingerprint density at radius 1 is 1.04 bits per heavy atom. The highest BCUT2D eigenvalue weighted by atomic mass is 32.2. The van der Waals surface area contributed by atoms with Crippen LogP contribution in [0.1, 0.15) is 21.5 Å². The van der Waals surface area contributed by atoms with Gasteiger partial charge in [-0.25, -0.2) is 0 Å². The smallest absolute Gasteiger partial charge is 0.289 e. The van der Waals surface area contributed by atoms with E-state index < -0.39 is 5.91 Å². The summed E-state index contributed by atoms with van der Waals surface area (Å²) in [7, 11) is 0. The molecule has 0 spiro atoms. The highest BCUT2D eigenvalue weighted by Gasteiger charge is 2.35. The Bertz CT molecular complexity index is 825. The Hall–Kier alpha value is -2.66. The number of ketones is 1. The molecule has 0 unspecified atom stereocenters. The van der Waals surface area contributed by atoms with Crippen molar-refractivity contribution in [2.75, 3.05) is 0 Å². The van der Waals surface area contributed by atoms with Crippen LogP contribution in [0.5, 0.6) is 0 Å². The Morgan fingerprint density at radius 2 is 1.71 bits per heavy atom. The van der Waals surface area contributed by atoms with Crippen LogP contribution in [0.2, 0.25) is 0 Å². The fraction of sp³-hybridized carbons (Fsp3) is 0.105. The Kier molecular flexibility index (Phi) is 4.62. The average molecular weight is 337 g/mol. The van der Waals surface area contributed by atoms with Crippen LogP contribution in [0, 0.1) is 6.92 Å². The third-order valence-electron chi connectivity index (χ3n) is 3.66. The number of aryl methyl sites for hydroxylation is 1. The number of nitrogens with zero attached hydrogens (tertiary/aromatic N) is 1. The first-order valence-corrected chi connectivity index (χ1v) is 8.26. The fourth-order valence-corrected chi connectivity index (χ4v) is 3.13. The van der Waals surface area contributed by atoms with Gasteiger partial charge in [-0.3, -0.25) is 19.3 Å². The molecule has 2 aromatic carbocycles. The van der Waals surface area contributed by atoms with E-state index in [0.717, 1.165) is 27.8 Å². The van der Waals surface area contributed by atoms with Crippen molar-refractivity contribution in [1.82, 2.24) is 4.90 Å². The van der Waals surface area contributed by atoms with E-state index in [1.807, 2.05) is 49.4 Å². The molecular formula is C19H15NO3S. The largest absolute Gasteiger partial charge is 0.293 e. The summed E-state index contributed by atoms with van der Waals surface area (Å²) in [6, 6.07) is 16.4. The SMILES string of the molecule is Cc1ccc(C(=O)/C=C2/SC(=O)N(Cc3ccccc3)C2=O)cc1. The minimum absolute atomic E-state index is 0.168. The highest BCUT2D eigenvalue weighted by molar-refractivity contribution is 8.18. The summed E-state index contributed by atoms with van der Waals surface area (Å²) in [5.74, 6) is -0.700. The van der Waals surface area contributed by atoms with Gasteiger partial charge in [-0.15, -0.1) is 0 Å². The van der Waals surface area contributed by atoms with Crippen LogP contribution in [-0.2, 0) is 11.3 Å². The van der Waals surface area contributed by atoms with Crippen molar-refractivity contribution >= 4 is 28.7 Å². The van der Waals surface area contributed by atoms with Gasteiger partial charge in [0.2, 0.25) is 0 Å². The van der Waals surface area contributed by atoms with Gasteiger partial charge in [0.15, 0.2) is 5.78 Å². The molecule has 2 amide bonds. The lowest BCUT2D eigenvalue weighted by Crippen LogP contribution is -2.27. The molecule has 0 aromatic heterocycles. The topological polar surface area (TPSA) is 54.5 Å². The second-order valence-electron chi connectivity index (χ2n) is 5.48. The molecule has 2 aromatic rings. The zero-order valence-electron chi connectivity index (χ0n) is 13.1. The number of allylic oxidation sites excluding steroid dienone is 1. The van der Waals surface area contributed by atoms with Crippen molar-refractivity contribution in [3.05, 3.63) is 82.3 Å². The first-order chi connectivity index (χ1) is 11.5. The molecular weight excluding hydrogens is 322 g/mol. The van der Waals surface area contributed by atoms with Gasteiger partial charge in [0, 0.05) is 11.6 Å². The molecule has 120 valence electrons. The zero-order valence-corrected chi connectivity index (χ0v) is 13.9. The summed E-state index contributed by atoms with van der Waals surface area (Å²) in [6.45, 7) is 2.14. The lowest BCUT2D eigenvalue weighted by Gasteiger charge is -2.11. The average Bonchev–Trinajstić information content (AvgIpc) is 2.84. The third kappa shape index (κ3) is 3.46. The van der Waals surface area contributed by atoms with Gasteiger partial charge in [-0.2, -0.15) is 0 Å². The third-order valence-corrected chi connectivity index (χ3v) is 4.56. The van der Waals surface area contributed by atoms with E-state index >= 15 is 0 Å². The molecule has 1 fully saturated rings. The predicted octanol–water partition coefficient (Wildman–Crippen LogP) is 3.96. The maximum atomic E-state index is 12.4. The number of benzene rings is 2. The fourth-order valence-electron chi connectivity index (χ4n) is 2.32. The van der Waals surface area contributed by atoms with Crippen LogP contribution in [0.25, 0.3) is 0 Å². The van der Waals surface area contributed by atoms with Crippen LogP contribution in [-0.4, -0.2) is 21.8 Å². The van der Waals surface area contributed by atoms with Crippen LogP contribution in [0.3, 0.4) is 0 Å². The molecule has 1 saturated heterocycles. The van der Waals surface area contributed by atoms with E-state index in [9.17, 15) is 14.4 Å². The molecule has 0 atom stereocenters. The van der Waals surface area contributed by atoms with Crippen LogP contribution in [0.4, 0.5) is 4.79 Å². The van der Waals surface area contributed by atoms with Gasteiger partial charge >= 0.3 is 0 Å². The molecule has 1 heterocycles. The molecule has 0 saturated carbocycles. The maximum absolute atomic E-state index is 12.4. The quantitative estimate of drug-likeness (QED) is 0.626. The summed E-state index contributed by atoms with van der Waals surface area (Å²) in [5, 5.41) is -0.355. The van der Waals surface area contributed by atoms with Gasteiger partial charge in [0.05, 0.1) is 11.4 Å². The summed E-state index contributed by atoms with van der Waals surface area (Å²) in [6.07, 6.45) is 1.25. The molecule has 4 nitrogen and oxygen atoms in total. The summed E-state index contributed by atoms with van der Waals surface area (Å²) in [4.78, 5) is 38.1. The van der Waals surface area contributed by atoms with Gasteiger partial charge in [-0.1, -0.05) is 60.2 Å². The minimum Gasteiger partial charge on any atom is -0.289 e. The molecule has 0 aliphatic carbocycles. The van der Waals surface area contributed by atoms with Crippen molar-refractivity contribution in [3.8, 4) is 0 Å². The Balaban J connectivity index is 1.78. The Morgan fingerprint density at radius 3 is 2.38 bits per heavy atom. The minimum atomic E-state index is -0.422. The molecule has 1 aliphatic heterocycles. The van der Waals surface area contributed by atoms with E-state index in [-0.39, 0.29) is 22.5 Å². The number of carbonyl (C=O) groups excluding carboxylic acids is 3. The Labute approximate surface area is 144 Å². The van der Waals surface area contributed by atoms with Gasteiger partial charge in [0.25, 0.3) is 11.1 Å². The van der Waals surface area contributed by atoms with Gasteiger partial charge in [0.1, 0.15) is 0 Å². The first kappa shape index (κ1) is 16.2. The van der Waals surface area contributed by atoms with Gasteiger partial charge < -0.3 is 0 Å².